The lowest BCUT2D eigenvalue weighted by atomic mass is 10.0. The molecule has 0 heterocycles. The average Bonchev–Trinajstić information content (AvgIpc) is 2.53. The van der Waals surface area contributed by atoms with Gasteiger partial charge in [0.15, 0.2) is 0 Å². The van der Waals surface area contributed by atoms with E-state index < -0.39 is 8.72 Å². The minimum atomic E-state index is -2.65. The summed E-state index contributed by atoms with van der Waals surface area (Å²) >= 11 is 0. The zero-order valence-electron chi connectivity index (χ0n) is 15.3. The summed E-state index contributed by atoms with van der Waals surface area (Å²) in [5, 5.41) is -0.180. The van der Waals surface area contributed by atoms with Crippen LogP contribution in [0.5, 0.6) is 0 Å². The summed E-state index contributed by atoms with van der Waals surface area (Å²) in [5.41, 5.74) is 4.01. The Hall–Kier alpha value is -0.423. The molecule has 0 bridgehead atoms. The molecule has 1 atom stereocenters. The van der Waals surface area contributed by atoms with E-state index in [4.69, 9.17) is 8.85 Å². The molecule has 4 heteroatoms. The van der Waals surface area contributed by atoms with Crippen molar-refractivity contribution in [3.63, 3.8) is 0 Å². The molecule has 0 saturated heterocycles. The molecular formula is C17H33NO2Si. The molecule has 1 rings (SSSR count). The highest BCUT2D eigenvalue weighted by molar-refractivity contribution is 6.70. The van der Waals surface area contributed by atoms with Crippen molar-refractivity contribution in [1.82, 2.24) is 4.98 Å². The second-order valence-electron chi connectivity index (χ2n) is 7.14. The van der Waals surface area contributed by atoms with Crippen LogP contribution in [0.3, 0.4) is 0 Å². The van der Waals surface area contributed by atoms with Crippen LogP contribution < -0.4 is 4.98 Å². The Morgan fingerprint density at radius 3 is 1.86 bits per heavy atom. The van der Waals surface area contributed by atoms with E-state index in [9.17, 15) is 0 Å². The van der Waals surface area contributed by atoms with Crippen LogP contribution in [0.2, 0.25) is 5.04 Å². The van der Waals surface area contributed by atoms with E-state index in [2.05, 4.69) is 59.5 Å². The smallest absolute Gasteiger partial charge is 0.382 e. The van der Waals surface area contributed by atoms with Gasteiger partial charge in [-0.15, -0.1) is 0 Å². The van der Waals surface area contributed by atoms with Crippen molar-refractivity contribution in [2.24, 2.45) is 0 Å². The van der Waals surface area contributed by atoms with Gasteiger partial charge in [0.25, 0.3) is 0 Å². The predicted octanol–water partition coefficient (Wildman–Crippen LogP) is 4.44. The van der Waals surface area contributed by atoms with E-state index in [1.807, 2.05) is 13.8 Å². The highest BCUT2D eigenvalue weighted by Crippen LogP contribution is 2.53. The van der Waals surface area contributed by atoms with Crippen LogP contribution in [0, 0.1) is 0 Å². The first-order chi connectivity index (χ1) is 9.53. The molecule has 122 valence electrons. The summed E-state index contributed by atoms with van der Waals surface area (Å²) in [6, 6.07) is 0. The first-order valence-corrected chi connectivity index (χ1v) is 9.79. The van der Waals surface area contributed by atoms with Gasteiger partial charge >= 0.3 is 8.72 Å². The molecule has 0 spiro atoms. The Labute approximate surface area is 132 Å². The Bertz CT molecular complexity index is 442. The monoisotopic (exact) mass is 311 g/mol. The van der Waals surface area contributed by atoms with Gasteiger partial charge in [0.1, 0.15) is 0 Å². The van der Waals surface area contributed by atoms with Crippen molar-refractivity contribution in [3.05, 3.63) is 22.8 Å². The molecule has 0 aromatic rings. The summed E-state index contributed by atoms with van der Waals surface area (Å²) < 4.78 is 12.7. The molecule has 0 amide bonds. The van der Waals surface area contributed by atoms with Crippen molar-refractivity contribution >= 4 is 8.72 Å². The van der Waals surface area contributed by atoms with Crippen LogP contribution in [0.4, 0.5) is 0 Å². The fourth-order valence-electron chi connectivity index (χ4n) is 3.12. The van der Waals surface area contributed by atoms with Gasteiger partial charge in [0.05, 0.1) is 5.04 Å². The number of nitrogens with one attached hydrogen (secondary N) is 1. The summed E-state index contributed by atoms with van der Waals surface area (Å²) in [6.07, 6.45) is 2.34. The van der Waals surface area contributed by atoms with Gasteiger partial charge in [-0.3, -0.25) is 4.98 Å². The molecular weight excluding hydrogens is 278 g/mol. The molecule has 0 aromatic carbocycles. The number of hydrogen-bond donors (Lipinski definition) is 1. The quantitative estimate of drug-likeness (QED) is 0.735. The molecule has 0 radical (unpaired) electrons. The van der Waals surface area contributed by atoms with Crippen LogP contribution in [-0.2, 0) is 8.85 Å². The van der Waals surface area contributed by atoms with Crippen molar-refractivity contribution in [3.8, 4) is 0 Å². The van der Waals surface area contributed by atoms with Crippen LogP contribution in [-0.4, -0.2) is 27.5 Å². The third-order valence-corrected chi connectivity index (χ3v) is 8.71. The molecule has 0 aromatic heterocycles. The molecule has 1 N–H and O–H groups in total. The van der Waals surface area contributed by atoms with Gasteiger partial charge in [-0.1, -0.05) is 17.2 Å². The highest BCUT2D eigenvalue weighted by atomic mass is 28.4. The maximum atomic E-state index is 6.33. The van der Waals surface area contributed by atoms with E-state index in [-0.39, 0.29) is 10.6 Å². The van der Waals surface area contributed by atoms with E-state index in [1.54, 1.807) is 0 Å². The third kappa shape index (κ3) is 3.50. The zero-order valence-corrected chi connectivity index (χ0v) is 16.3. The first kappa shape index (κ1) is 18.6. The molecule has 0 fully saturated rings. The van der Waals surface area contributed by atoms with E-state index in [1.165, 1.54) is 16.7 Å². The fraction of sp³-hybridized carbons (Fsp3) is 0.765. The zero-order chi connectivity index (χ0) is 16.5. The maximum absolute atomic E-state index is 6.33. The highest BCUT2D eigenvalue weighted by Gasteiger charge is 2.59. The lowest BCUT2D eigenvalue weighted by Gasteiger charge is -2.46. The van der Waals surface area contributed by atoms with Crippen molar-refractivity contribution < 1.29 is 8.85 Å². The maximum Gasteiger partial charge on any atom is 0.439 e. The van der Waals surface area contributed by atoms with Gasteiger partial charge in [0, 0.05) is 18.8 Å². The summed E-state index contributed by atoms with van der Waals surface area (Å²) in [6.45, 7) is 20.8. The topological polar surface area (TPSA) is 30.5 Å². The Morgan fingerprint density at radius 1 is 1.10 bits per heavy atom. The Kier molecular flexibility index (Phi) is 5.65. The molecule has 0 aliphatic heterocycles. The van der Waals surface area contributed by atoms with Gasteiger partial charge in [-0.25, -0.2) is 0 Å². The second kappa shape index (κ2) is 6.37. The number of hydrogen-bond acceptors (Lipinski definition) is 3. The normalized spacial score (nSPS) is 23.8. The molecule has 0 saturated carbocycles. The average molecular weight is 312 g/mol. The first-order valence-electron chi connectivity index (χ1n) is 7.98. The number of rotatable bonds is 6. The van der Waals surface area contributed by atoms with Crippen molar-refractivity contribution in [2.75, 3.05) is 13.2 Å². The summed E-state index contributed by atoms with van der Waals surface area (Å²) in [4.78, 5) is 3.74. The van der Waals surface area contributed by atoms with Gasteiger partial charge < -0.3 is 8.85 Å². The minimum absolute atomic E-state index is 0.0574. The Morgan fingerprint density at radius 2 is 1.57 bits per heavy atom. The second-order valence-corrected chi connectivity index (χ2v) is 10.2. The summed E-state index contributed by atoms with van der Waals surface area (Å²) in [7, 11) is -2.65. The fourth-order valence-corrected chi connectivity index (χ4v) is 7.10. The van der Waals surface area contributed by atoms with Crippen LogP contribution in [0.25, 0.3) is 0 Å². The molecule has 1 aliphatic rings. The largest absolute Gasteiger partial charge is 0.439 e. The predicted molar refractivity (Wildman–Crippen MR) is 92.4 cm³/mol. The van der Waals surface area contributed by atoms with Crippen molar-refractivity contribution in [2.45, 2.75) is 72.9 Å². The van der Waals surface area contributed by atoms with Gasteiger partial charge in [0.2, 0.25) is 0 Å². The van der Waals surface area contributed by atoms with Crippen LogP contribution in [0.15, 0.2) is 22.8 Å². The van der Waals surface area contributed by atoms with E-state index in [0.717, 1.165) is 0 Å². The lowest BCUT2D eigenvalue weighted by molar-refractivity contribution is 0.145. The van der Waals surface area contributed by atoms with Crippen molar-refractivity contribution in [1.29, 1.82) is 0 Å². The molecule has 21 heavy (non-hydrogen) atoms. The Balaban J connectivity index is 3.42. The third-order valence-electron chi connectivity index (χ3n) is 4.36. The summed E-state index contributed by atoms with van der Waals surface area (Å²) in [5.74, 6) is 0. The van der Waals surface area contributed by atoms with Crippen LogP contribution >= 0.6 is 0 Å². The lowest BCUT2D eigenvalue weighted by Crippen LogP contribution is -2.68. The molecule has 1 unspecified atom stereocenters. The minimum Gasteiger partial charge on any atom is -0.382 e. The van der Waals surface area contributed by atoms with E-state index in [0.29, 0.717) is 13.2 Å². The standard InChI is InChI=1S/C17H33NO2Si/c1-10-19-21(20-11-2,18-16(6,7)8)17(9)12-13(3)14(4)15(17)5/h12,18H,10-11H2,1-9H3. The van der Waals surface area contributed by atoms with Gasteiger partial charge in [-0.2, -0.15) is 0 Å². The van der Waals surface area contributed by atoms with E-state index >= 15 is 0 Å². The molecule has 3 nitrogen and oxygen atoms in total. The SMILES string of the molecule is CCO[Si](NC(C)(C)C)(OCC)C1(C)C=C(C)C(C)=C1C. The van der Waals surface area contributed by atoms with Gasteiger partial charge in [-0.05, 0) is 67.9 Å². The van der Waals surface area contributed by atoms with Crippen LogP contribution in [0.1, 0.15) is 62.3 Å². The number of allylic oxidation sites excluding steroid dienone is 4. The molecule has 1 aliphatic carbocycles.